The second-order valence-corrected chi connectivity index (χ2v) is 4.46. The topological polar surface area (TPSA) is 69.6 Å². The zero-order valence-electron chi connectivity index (χ0n) is 12.1. The largest absolute Gasteiger partial charge is 0.508 e. The third-order valence-corrected chi connectivity index (χ3v) is 2.75. The van der Waals surface area contributed by atoms with E-state index < -0.39 is 0 Å². The minimum Gasteiger partial charge on any atom is -0.508 e. The van der Waals surface area contributed by atoms with E-state index in [4.69, 9.17) is 10.2 Å². The first-order valence-electron chi connectivity index (χ1n) is 6.90. The van der Waals surface area contributed by atoms with Crippen LogP contribution < -0.4 is 5.32 Å². The lowest BCUT2D eigenvalue weighted by molar-refractivity contribution is -0.120. The third-order valence-electron chi connectivity index (χ3n) is 2.75. The highest BCUT2D eigenvalue weighted by Gasteiger charge is 1.96. The molecule has 0 unspecified atom stereocenters. The van der Waals surface area contributed by atoms with Crippen molar-refractivity contribution in [3.8, 4) is 11.5 Å². The van der Waals surface area contributed by atoms with Gasteiger partial charge in [0.15, 0.2) is 0 Å². The standard InChI is InChI=1S/C11H15NO2.C6H6O/c1-2-11(14)12-8-7-9-3-5-10(13)6-4-9;7-6-4-2-1-3-5-6/h3-6,13H,2,7-8H2,1H3,(H,12,14);1-5,7H. The molecule has 21 heavy (non-hydrogen) atoms. The predicted molar refractivity (Wildman–Crippen MR) is 83.2 cm³/mol. The molecule has 2 aromatic carbocycles. The summed E-state index contributed by atoms with van der Waals surface area (Å²) in [6, 6.07) is 15.7. The highest BCUT2D eigenvalue weighted by Crippen LogP contribution is 2.09. The van der Waals surface area contributed by atoms with E-state index in [9.17, 15) is 4.79 Å². The Kier molecular flexibility index (Phi) is 7.43. The summed E-state index contributed by atoms with van der Waals surface area (Å²) in [6.45, 7) is 2.48. The lowest BCUT2D eigenvalue weighted by atomic mass is 10.1. The molecule has 0 fully saturated rings. The molecule has 0 saturated carbocycles. The highest BCUT2D eigenvalue weighted by molar-refractivity contribution is 5.75. The van der Waals surface area contributed by atoms with Crippen LogP contribution in [0, 0.1) is 0 Å². The quantitative estimate of drug-likeness (QED) is 0.810. The molecule has 0 aliphatic heterocycles. The second kappa shape index (κ2) is 9.42. The van der Waals surface area contributed by atoms with Crippen LogP contribution in [0.15, 0.2) is 54.6 Å². The van der Waals surface area contributed by atoms with Crippen LogP contribution in [0.5, 0.6) is 11.5 Å². The Hall–Kier alpha value is -2.49. The third kappa shape index (κ3) is 7.62. The first-order valence-corrected chi connectivity index (χ1v) is 6.90. The van der Waals surface area contributed by atoms with E-state index in [0.717, 1.165) is 12.0 Å². The molecular formula is C17H21NO3. The Morgan fingerprint density at radius 2 is 1.52 bits per heavy atom. The lowest BCUT2D eigenvalue weighted by Gasteiger charge is -2.03. The SMILES string of the molecule is CCC(=O)NCCc1ccc(O)cc1.Oc1ccccc1. The summed E-state index contributed by atoms with van der Waals surface area (Å²) in [6.07, 6.45) is 1.32. The number of benzene rings is 2. The monoisotopic (exact) mass is 287 g/mol. The van der Waals surface area contributed by atoms with E-state index in [-0.39, 0.29) is 11.7 Å². The molecule has 4 heteroatoms. The molecule has 0 spiro atoms. The average molecular weight is 287 g/mol. The van der Waals surface area contributed by atoms with Gasteiger partial charge in [-0.3, -0.25) is 4.79 Å². The number of aromatic hydroxyl groups is 2. The predicted octanol–water partition coefficient (Wildman–Crippen LogP) is 2.85. The molecule has 2 rings (SSSR count). The van der Waals surface area contributed by atoms with Gasteiger partial charge in [-0.1, -0.05) is 37.3 Å². The summed E-state index contributed by atoms with van der Waals surface area (Å²) in [7, 11) is 0. The van der Waals surface area contributed by atoms with E-state index >= 15 is 0 Å². The Morgan fingerprint density at radius 1 is 0.952 bits per heavy atom. The first kappa shape index (κ1) is 16.6. The zero-order chi connectivity index (χ0) is 15.5. The maximum absolute atomic E-state index is 10.9. The zero-order valence-corrected chi connectivity index (χ0v) is 12.1. The van der Waals surface area contributed by atoms with E-state index in [2.05, 4.69) is 5.32 Å². The van der Waals surface area contributed by atoms with Crippen molar-refractivity contribution in [3.63, 3.8) is 0 Å². The van der Waals surface area contributed by atoms with Crippen molar-refractivity contribution in [2.24, 2.45) is 0 Å². The number of phenols is 2. The van der Waals surface area contributed by atoms with Crippen molar-refractivity contribution in [1.82, 2.24) is 5.32 Å². The molecule has 0 aliphatic rings. The van der Waals surface area contributed by atoms with Crippen molar-refractivity contribution in [1.29, 1.82) is 0 Å². The Balaban J connectivity index is 0.000000262. The Morgan fingerprint density at radius 3 is 2.00 bits per heavy atom. The fourth-order valence-corrected chi connectivity index (χ4v) is 1.56. The van der Waals surface area contributed by atoms with Crippen LogP contribution in [0.1, 0.15) is 18.9 Å². The van der Waals surface area contributed by atoms with Crippen molar-refractivity contribution in [3.05, 3.63) is 60.2 Å². The molecule has 0 aliphatic carbocycles. The highest BCUT2D eigenvalue weighted by atomic mass is 16.3. The molecule has 1 amide bonds. The van der Waals surface area contributed by atoms with Crippen LogP contribution in [0.3, 0.4) is 0 Å². The number of para-hydroxylation sites is 1. The first-order chi connectivity index (χ1) is 10.1. The van der Waals surface area contributed by atoms with Gasteiger partial charge in [-0.2, -0.15) is 0 Å². The normalized spacial score (nSPS) is 9.38. The van der Waals surface area contributed by atoms with Crippen LogP contribution >= 0.6 is 0 Å². The lowest BCUT2D eigenvalue weighted by Crippen LogP contribution is -2.24. The molecule has 0 saturated heterocycles. The minimum atomic E-state index is 0.0729. The fourth-order valence-electron chi connectivity index (χ4n) is 1.56. The smallest absolute Gasteiger partial charge is 0.219 e. The van der Waals surface area contributed by atoms with Gasteiger partial charge in [-0.25, -0.2) is 0 Å². The molecule has 112 valence electrons. The van der Waals surface area contributed by atoms with Gasteiger partial charge < -0.3 is 15.5 Å². The molecule has 4 nitrogen and oxygen atoms in total. The number of carbonyl (C=O) groups is 1. The maximum Gasteiger partial charge on any atom is 0.219 e. The Bertz CT molecular complexity index is 523. The maximum atomic E-state index is 10.9. The number of hydrogen-bond acceptors (Lipinski definition) is 3. The van der Waals surface area contributed by atoms with Gasteiger partial charge in [0.05, 0.1) is 0 Å². The van der Waals surface area contributed by atoms with E-state index in [1.807, 2.05) is 25.1 Å². The number of hydrogen-bond donors (Lipinski definition) is 3. The number of nitrogens with one attached hydrogen (secondary N) is 1. The van der Waals surface area contributed by atoms with E-state index in [1.54, 1.807) is 36.4 Å². The van der Waals surface area contributed by atoms with Crippen molar-refractivity contribution in [2.45, 2.75) is 19.8 Å². The number of carbonyl (C=O) groups excluding carboxylic acids is 1. The molecule has 0 heterocycles. The summed E-state index contributed by atoms with van der Waals surface area (Å²) in [5.41, 5.74) is 1.11. The summed E-state index contributed by atoms with van der Waals surface area (Å²) < 4.78 is 0. The van der Waals surface area contributed by atoms with Gasteiger partial charge in [0.2, 0.25) is 5.91 Å². The molecule has 0 atom stereocenters. The summed E-state index contributed by atoms with van der Waals surface area (Å²) in [4.78, 5) is 10.9. The molecule has 0 radical (unpaired) electrons. The summed E-state index contributed by atoms with van der Waals surface area (Å²) in [5.74, 6) is 0.664. The van der Waals surface area contributed by atoms with Gasteiger partial charge in [0, 0.05) is 13.0 Å². The molecular weight excluding hydrogens is 266 g/mol. The van der Waals surface area contributed by atoms with Gasteiger partial charge in [0.25, 0.3) is 0 Å². The summed E-state index contributed by atoms with van der Waals surface area (Å²) >= 11 is 0. The second-order valence-electron chi connectivity index (χ2n) is 4.46. The molecule has 3 N–H and O–H groups in total. The average Bonchev–Trinajstić information content (AvgIpc) is 2.50. The van der Waals surface area contributed by atoms with Crippen LogP contribution in [-0.2, 0) is 11.2 Å². The van der Waals surface area contributed by atoms with Crippen molar-refractivity contribution >= 4 is 5.91 Å². The van der Waals surface area contributed by atoms with E-state index in [1.165, 1.54) is 0 Å². The number of amides is 1. The molecule has 0 aromatic heterocycles. The van der Waals surface area contributed by atoms with Gasteiger partial charge in [-0.15, -0.1) is 0 Å². The van der Waals surface area contributed by atoms with Crippen LogP contribution in [0.4, 0.5) is 0 Å². The van der Waals surface area contributed by atoms with Crippen molar-refractivity contribution in [2.75, 3.05) is 6.54 Å². The van der Waals surface area contributed by atoms with E-state index in [0.29, 0.717) is 18.7 Å². The summed E-state index contributed by atoms with van der Waals surface area (Å²) in [5, 5.41) is 20.5. The minimum absolute atomic E-state index is 0.0729. The molecule has 2 aromatic rings. The van der Waals surface area contributed by atoms with Gasteiger partial charge in [0.1, 0.15) is 11.5 Å². The van der Waals surface area contributed by atoms with Gasteiger partial charge in [-0.05, 0) is 36.2 Å². The number of rotatable bonds is 4. The number of phenolic OH excluding ortho intramolecular Hbond substituents is 2. The Labute approximate surface area is 125 Å². The van der Waals surface area contributed by atoms with Crippen molar-refractivity contribution < 1.29 is 15.0 Å². The van der Waals surface area contributed by atoms with Gasteiger partial charge >= 0.3 is 0 Å². The van der Waals surface area contributed by atoms with Crippen LogP contribution in [0.2, 0.25) is 0 Å². The fraction of sp³-hybridized carbons (Fsp3) is 0.235. The van der Waals surface area contributed by atoms with Crippen LogP contribution in [-0.4, -0.2) is 22.7 Å². The molecule has 0 bridgehead atoms. The van der Waals surface area contributed by atoms with Crippen LogP contribution in [0.25, 0.3) is 0 Å².